The van der Waals surface area contributed by atoms with Crippen LogP contribution in [-0.4, -0.2) is 31.7 Å². The molecule has 5 nitrogen and oxygen atoms in total. The molecule has 0 bridgehead atoms. The van der Waals surface area contributed by atoms with Crippen molar-refractivity contribution in [1.29, 1.82) is 0 Å². The van der Waals surface area contributed by atoms with Crippen LogP contribution in [0.25, 0.3) is 0 Å². The number of aliphatic hydroxyl groups excluding tert-OH is 1. The third kappa shape index (κ3) is 5.88. The SMILES string of the molecule is CCOCCOc1ccc(OC(F)(F)c2ccc(OCO)cc2)cc1. The quantitative estimate of drug-likeness (QED) is 0.522. The van der Waals surface area contributed by atoms with Gasteiger partial charge in [0.25, 0.3) is 0 Å². The van der Waals surface area contributed by atoms with Gasteiger partial charge in [-0.25, -0.2) is 0 Å². The van der Waals surface area contributed by atoms with E-state index < -0.39 is 12.9 Å². The molecule has 0 amide bonds. The van der Waals surface area contributed by atoms with Crippen molar-refractivity contribution in [3.63, 3.8) is 0 Å². The van der Waals surface area contributed by atoms with Crippen LogP contribution in [0.1, 0.15) is 12.5 Å². The summed E-state index contributed by atoms with van der Waals surface area (Å²) in [6, 6.07) is 10.9. The number of hydrogen-bond donors (Lipinski definition) is 1. The zero-order chi connectivity index (χ0) is 18.1. The first-order chi connectivity index (χ1) is 12.0. The number of benzene rings is 2. The molecule has 0 saturated carbocycles. The number of halogens is 2. The molecule has 0 saturated heterocycles. The van der Waals surface area contributed by atoms with Crippen LogP contribution in [0.2, 0.25) is 0 Å². The zero-order valence-electron chi connectivity index (χ0n) is 13.8. The first-order valence-electron chi connectivity index (χ1n) is 7.77. The highest BCUT2D eigenvalue weighted by molar-refractivity contribution is 5.33. The summed E-state index contributed by atoms with van der Waals surface area (Å²) in [5, 5.41) is 8.63. The van der Waals surface area contributed by atoms with Gasteiger partial charge in [0.15, 0.2) is 6.79 Å². The highest BCUT2D eigenvalue weighted by Crippen LogP contribution is 2.33. The van der Waals surface area contributed by atoms with Crippen molar-refractivity contribution in [3.8, 4) is 17.2 Å². The lowest BCUT2D eigenvalue weighted by molar-refractivity contribution is -0.185. The van der Waals surface area contributed by atoms with Gasteiger partial charge in [0.05, 0.1) is 12.2 Å². The molecule has 0 aliphatic carbocycles. The van der Waals surface area contributed by atoms with E-state index in [9.17, 15) is 8.78 Å². The van der Waals surface area contributed by atoms with Gasteiger partial charge in [0.2, 0.25) is 0 Å². The van der Waals surface area contributed by atoms with Gasteiger partial charge in [-0.1, -0.05) is 0 Å². The summed E-state index contributed by atoms with van der Waals surface area (Å²) in [5.74, 6) is 0.842. The molecule has 1 N–H and O–H groups in total. The fourth-order valence-electron chi connectivity index (χ4n) is 1.99. The molecular formula is C18H20F2O5. The lowest BCUT2D eigenvalue weighted by Gasteiger charge is -2.18. The van der Waals surface area contributed by atoms with E-state index in [4.69, 9.17) is 24.1 Å². The lowest BCUT2D eigenvalue weighted by Crippen LogP contribution is -2.21. The maximum atomic E-state index is 14.2. The Kier molecular flexibility index (Phi) is 6.97. The molecule has 0 heterocycles. The molecule has 0 aliphatic rings. The van der Waals surface area contributed by atoms with Crippen LogP contribution in [0, 0.1) is 0 Å². The second kappa shape index (κ2) is 9.19. The Labute approximate surface area is 144 Å². The van der Waals surface area contributed by atoms with Crippen molar-refractivity contribution in [2.45, 2.75) is 13.0 Å². The molecule has 0 unspecified atom stereocenters. The fraction of sp³-hybridized carbons (Fsp3) is 0.333. The smallest absolute Gasteiger partial charge is 0.426 e. The maximum absolute atomic E-state index is 14.2. The Morgan fingerprint density at radius 2 is 1.40 bits per heavy atom. The molecule has 0 atom stereocenters. The van der Waals surface area contributed by atoms with Crippen LogP contribution in [0.4, 0.5) is 8.78 Å². The molecule has 2 aromatic rings. The molecule has 136 valence electrons. The van der Waals surface area contributed by atoms with E-state index in [-0.39, 0.29) is 17.1 Å². The fourth-order valence-corrected chi connectivity index (χ4v) is 1.99. The summed E-state index contributed by atoms with van der Waals surface area (Å²) >= 11 is 0. The van der Waals surface area contributed by atoms with Crippen LogP contribution in [-0.2, 0) is 10.8 Å². The van der Waals surface area contributed by atoms with Crippen molar-refractivity contribution >= 4 is 0 Å². The largest absolute Gasteiger partial charge is 0.491 e. The van der Waals surface area contributed by atoms with Gasteiger partial charge in [0, 0.05) is 6.61 Å². The minimum Gasteiger partial charge on any atom is -0.491 e. The third-order valence-electron chi connectivity index (χ3n) is 3.19. The Morgan fingerprint density at radius 1 is 0.840 bits per heavy atom. The van der Waals surface area contributed by atoms with Crippen LogP contribution in [0.5, 0.6) is 17.2 Å². The molecule has 0 aliphatic heterocycles. The van der Waals surface area contributed by atoms with E-state index in [2.05, 4.69) is 0 Å². The van der Waals surface area contributed by atoms with Gasteiger partial charge in [-0.2, -0.15) is 8.78 Å². The van der Waals surface area contributed by atoms with Gasteiger partial charge in [0.1, 0.15) is 23.9 Å². The van der Waals surface area contributed by atoms with E-state index in [0.29, 0.717) is 25.6 Å². The second-order valence-electron chi connectivity index (χ2n) is 4.93. The van der Waals surface area contributed by atoms with Crippen molar-refractivity contribution in [3.05, 3.63) is 54.1 Å². The predicted molar refractivity (Wildman–Crippen MR) is 87.1 cm³/mol. The van der Waals surface area contributed by atoms with Crippen LogP contribution >= 0.6 is 0 Å². The molecular weight excluding hydrogens is 334 g/mol. The predicted octanol–water partition coefficient (Wildman–Crippen LogP) is 3.56. The van der Waals surface area contributed by atoms with E-state index in [1.807, 2.05) is 6.92 Å². The topological polar surface area (TPSA) is 57.2 Å². The normalized spacial score (nSPS) is 11.2. The van der Waals surface area contributed by atoms with E-state index >= 15 is 0 Å². The van der Waals surface area contributed by atoms with E-state index in [0.717, 1.165) is 0 Å². The second-order valence-corrected chi connectivity index (χ2v) is 4.93. The molecule has 0 aromatic heterocycles. The van der Waals surface area contributed by atoms with Crippen molar-refractivity contribution < 1.29 is 32.8 Å². The van der Waals surface area contributed by atoms with Crippen molar-refractivity contribution in [1.82, 2.24) is 0 Å². The standard InChI is InChI=1S/C18H20F2O5/c1-2-22-11-12-23-15-7-9-17(10-8-15)25-18(19,20)14-3-5-16(6-4-14)24-13-21/h3-10,21H,2,11-13H2,1H3. The van der Waals surface area contributed by atoms with Crippen molar-refractivity contribution in [2.24, 2.45) is 0 Å². The monoisotopic (exact) mass is 354 g/mol. The van der Waals surface area contributed by atoms with Crippen LogP contribution in [0.15, 0.2) is 48.5 Å². The first kappa shape index (κ1) is 19.0. The molecule has 25 heavy (non-hydrogen) atoms. The highest BCUT2D eigenvalue weighted by Gasteiger charge is 2.34. The number of alkyl halides is 2. The van der Waals surface area contributed by atoms with Crippen LogP contribution in [0.3, 0.4) is 0 Å². The molecule has 0 fully saturated rings. The van der Waals surface area contributed by atoms with Crippen LogP contribution < -0.4 is 14.2 Å². The van der Waals surface area contributed by atoms with Gasteiger partial charge in [-0.3, -0.25) is 0 Å². The van der Waals surface area contributed by atoms with Gasteiger partial charge in [-0.15, -0.1) is 0 Å². The molecule has 7 heteroatoms. The minimum absolute atomic E-state index is 0.0119. The summed E-state index contributed by atoms with van der Waals surface area (Å²) in [6.45, 7) is 2.82. The van der Waals surface area contributed by atoms with Crippen molar-refractivity contribution in [2.75, 3.05) is 26.6 Å². The Morgan fingerprint density at radius 3 is 2.00 bits per heavy atom. The Bertz CT molecular complexity index is 629. The number of ether oxygens (including phenoxy) is 4. The van der Waals surface area contributed by atoms with E-state index in [1.54, 1.807) is 12.1 Å². The van der Waals surface area contributed by atoms with Gasteiger partial charge in [-0.05, 0) is 55.5 Å². The summed E-state index contributed by atoms with van der Waals surface area (Å²) < 4.78 is 48.5. The molecule has 2 rings (SSSR count). The van der Waals surface area contributed by atoms with Gasteiger partial charge < -0.3 is 24.1 Å². The zero-order valence-corrected chi connectivity index (χ0v) is 13.8. The number of rotatable bonds is 10. The third-order valence-corrected chi connectivity index (χ3v) is 3.19. The maximum Gasteiger partial charge on any atom is 0.426 e. The van der Waals surface area contributed by atoms with Gasteiger partial charge >= 0.3 is 6.11 Å². The minimum atomic E-state index is -3.50. The molecule has 2 aromatic carbocycles. The highest BCUT2D eigenvalue weighted by atomic mass is 19.3. The summed E-state index contributed by atoms with van der Waals surface area (Å²) in [7, 11) is 0. The van der Waals surface area contributed by atoms with E-state index in [1.165, 1.54) is 36.4 Å². The summed E-state index contributed by atoms with van der Waals surface area (Å²) in [4.78, 5) is 0. The number of hydrogen-bond acceptors (Lipinski definition) is 5. The summed E-state index contributed by atoms with van der Waals surface area (Å²) in [6.07, 6.45) is -3.50. The Hall–Kier alpha value is -2.38. The lowest BCUT2D eigenvalue weighted by atomic mass is 10.2. The first-order valence-corrected chi connectivity index (χ1v) is 7.77. The Balaban J connectivity index is 1.95. The summed E-state index contributed by atoms with van der Waals surface area (Å²) in [5.41, 5.74) is -0.324. The molecule has 0 radical (unpaired) electrons. The number of aliphatic hydroxyl groups is 1. The molecule has 0 spiro atoms. The average molecular weight is 354 g/mol. The average Bonchev–Trinajstić information content (AvgIpc) is 2.61.